The van der Waals surface area contributed by atoms with Crippen molar-refractivity contribution in [3.63, 3.8) is 0 Å². The van der Waals surface area contributed by atoms with E-state index in [1.807, 2.05) is 19.1 Å². The number of aliphatic carboxylic acids is 1. The summed E-state index contributed by atoms with van der Waals surface area (Å²) in [6.07, 6.45) is 4.06. The zero-order chi connectivity index (χ0) is 18.0. The van der Waals surface area contributed by atoms with Gasteiger partial charge in [0.1, 0.15) is 5.75 Å². The highest BCUT2D eigenvalue weighted by Crippen LogP contribution is 2.37. The molecule has 134 valence electrons. The van der Waals surface area contributed by atoms with Gasteiger partial charge in [0.15, 0.2) is 5.78 Å². The lowest BCUT2D eigenvalue weighted by Gasteiger charge is -2.26. The molecule has 1 N–H and O–H groups in total. The van der Waals surface area contributed by atoms with Crippen LogP contribution in [-0.4, -0.2) is 33.2 Å². The normalized spacial score (nSPS) is 14.5. The molecule has 0 saturated heterocycles. The molecule has 1 aliphatic carbocycles. The Hall–Kier alpha value is -2.37. The number of carbonyl (C=O) groups is 2. The van der Waals surface area contributed by atoms with Gasteiger partial charge in [0, 0.05) is 17.9 Å². The van der Waals surface area contributed by atoms with Crippen molar-refractivity contribution < 1.29 is 19.4 Å². The fraction of sp³-hybridized carbons (Fsp3) is 0.526. The molecule has 1 aromatic heterocycles. The van der Waals surface area contributed by atoms with Gasteiger partial charge in [0.25, 0.3) is 0 Å². The molecule has 0 spiro atoms. The van der Waals surface area contributed by atoms with Crippen molar-refractivity contribution in [3.8, 4) is 5.75 Å². The van der Waals surface area contributed by atoms with E-state index in [-0.39, 0.29) is 18.6 Å². The van der Waals surface area contributed by atoms with Crippen molar-refractivity contribution in [2.45, 2.75) is 58.4 Å². The van der Waals surface area contributed by atoms with Crippen molar-refractivity contribution in [1.29, 1.82) is 0 Å². The third kappa shape index (κ3) is 3.38. The van der Waals surface area contributed by atoms with E-state index >= 15 is 0 Å². The quantitative estimate of drug-likeness (QED) is 0.737. The highest BCUT2D eigenvalue weighted by Gasteiger charge is 2.25. The SMILES string of the molecule is CCOc1cc2c(cc1C(=O)CCC(=O)O)c(CC)nn2C1CCC1. The number of rotatable bonds is 8. The lowest BCUT2D eigenvalue weighted by Crippen LogP contribution is -2.18. The van der Waals surface area contributed by atoms with Gasteiger partial charge < -0.3 is 9.84 Å². The molecule has 2 aromatic rings. The van der Waals surface area contributed by atoms with Gasteiger partial charge in [-0.15, -0.1) is 0 Å². The van der Waals surface area contributed by atoms with Crippen LogP contribution in [0.25, 0.3) is 10.9 Å². The molecule has 1 fully saturated rings. The van der Waals surface area contributed by atoms with Crippen LogP contribution >= 0.6 is 0 Å². The lowest BCUT2D eigenvalue weighted by molar-refractivity contribution is -0.136. The monoisotopic (exact) mass is 344 g/mol. The van der Waals surface area contributed by atoms with Crippen molar-refractivity contribution in [3.05, 3.63) is 23.4 Å². The fourth-order valence-corrected chi connectivity index (χ4v) is 3.25. The van der Waals surface area contributed by atoms with Gasteiger partial charge in [0.05, 0.1) is 35.8 Å². The van der Waals surface area contributed by atoms with E-state index in [0.29, 0.717) is 24.0 Å². The molecule has 0 atom stereocenters. The van der Waals surface area contributed by atoms with Gasteiger partial charge >= 0.3 is 5.97 Å². The number of Topliss-reactive ketones (excluding diaryl/α,β-unsaturated/α-hetero) is 1. The summed E-state index contributed by atoms with van der Waals surface area (Å²) in [5.74, 6) is -0.654. The summed E-state index contributed by atoms with van der Waals surface area (Å²) in [6.45, 7) is 4.37. The Morgan fingerprint density at radius 1 is 1.28 bits per heavy atom. The average molecular weight is 344 g/mol. The number of hydrogen-bond donors (Lipinski definition) is 1. The van der Waals surface area contributed by atoms with Crippen molar-refractivity contribution in [2.24, 2.45) is 0 Å². The van der Waals surface area contributed by atoms with Crippen molar-refractivity contribution in [1.82, 2.24) is 9.78 Å². The lowest BCUT2D eigenvalue weighted by atomic mass is 9.93. The number of aromatic nitrogens is 2. The van der Waals surface area contributed by atoms with Gasteiger partial charge in [-0.05, 0) is 38.7 Å². The minimum absolute atomic E-state index is 0.0286. The molecule has 6 nitrogen and oxygen atoms in total. The van der Waals surface area contributed by atoms with Crippen LogP contribution in [-0.2, 0) is 11.2 Å². The summed E-state index contributed by atoms with van der Waals surface area (Å²) in [4.78, 5) is 23.3. The summed E-state index contributed by atoms with van der Waals surface area (Å²) in [5.41, 5.74) is 2.43. The largest absolute Gasteiger partial charge is 0.493 e. The van der Waals surface area contributed by atoms with E-state index in [9.17, 15) is 9.59 Å². The maximum Gasteiger partial charge on any atom is 0.303 e. The van der Waals surface area contributed by atoms with Gasteiger partial charge in [0.2, 0.25) is 0 Å². The Bertz CT molecular complexity index is 805. The van der Waals surface area contributed by atoms with E-state index in [1.165, 1.54) is 6.42 Å². The van der Waals surface area contributed by atoms with E-state index in [1.54, 1.807) is 0 Å². The van der Waals surface area contributed by atoms with Crippen LogP contribution in [0.1, 0.15) is 68.0 Å². The van der Waals surface area contributed by atoms with E-state index in [0.717, 1.165) is 35.9 Å². The molecule has 0 bridgehead atoms. The van der Waals surface area contributed by atoms with Crippen LogP contribution in [0.15, 0.2) is 12.1 Å². The smallest absolute Gasteiger partial charge is 0.303 e. The minimum Gasteiger partial charge on any atom is -0.493 e. The number of benzene rings is 1. The number of hydrogen-bond acceptors (Lipinski definition) is 4. The van der Waals surface area contributed by atoms with Gasteiger partial charge in [-0.25, -0.2) is 0 Å². The third-order valence-corrected chi connectivity index (χ3v) is 4.81. The van der Waals surface area contributed by atoms with Crippen LogP contribution in [0.3, 0.4) is 0 Å². The average Bonchev–Trinajstić information content (AvgIpc) is 2.88. The highest BCUT2D eigenvalue weighted by atomic mass is 16.5. The maximum absolute atomic E-state index is 12.5. The Morgan fingerprint density at radius 3 is 2.60 bits per heavy atom. The first-order chi connectivity index (χ1) is 12.0. The molecule has 25 heavy (non-hydrogen) atoms. The van der Waals surface area contributed by atoms with Crippen LogP contribution in [0.2, 0.25) is 0 Å². The van der Waals surface area contributed by atoms with Crippen LogP contribution in [0.4, 0.5) is 0 Å². The highest BCUT2D eigenvalue weighted by molar-refractivity contribution is 6.03. The molecule has 6 heteroatoms. The van der Waals surface area contributed by atoms with Crippen molar-refractivity contribution >= 4 is 22.7 Å². The Kier molecular flexibility index (Phi) is 5.06. The zero-order valence-electron chi connectivity index (χ0n) is 14.7. The first kappa shape index (κ1) is 17.5. The Morgan fingerprint density at radius 2 is 2.04 bits per heavy atom. The molecule has 3 rings (SSSR count). The van der Waals surface area contributed by atoms with Crippen LogP contribution in [0.5, 0.6) is 5.75 Å². The number of aryl methyl sites for hydroxylation is 1. The predicted molar refractivity (Wildman–Crippen MR) is 94.4 cm³/mol. The first-order valence-corrected chi connectivity index (χ1v) is 8.98. The van der Waals surface area contributed by atoms with Crippen molar-refractivity contribution in [2.75, 3.05) is 6.61 Å². The molecule has 1 aromatic carbocycles. The number of fused-ring (bicyclic) bond motifs is 1. The topological polar surface area (TPSA) is 81.4 Å². The summed E-state index contributed by atoms with van der Waals surface area (Å²) < 4.78 is 7.77. The number of nitrogens with zero attached hydrogens (tertiary/aromatic N) is 2. The predicted octanol–water partition coefficient (Wildman–Crippen LogP) is 3.77. The van der Waals surface area contributed by atoms with E-state index in [2.05, 4.69) is 11.6 Å². The number of ether oxygens (including phenoxy) is 1. The first-order valence-electron chi connectivity index (χ1n) is 8.98. The summed E-state index contributed by atoms with van der Waals surface area (Å²) in [7, 11) is 0. The fourth-order valence-electron chi connectivity index (χ4n) is 3.25. The molecule has 0 radical (unpaired) electrons. The molecule has 1 aliphatic rings. The van der Waals surface area contributed by atoms with Gasteiger partial charge in [-0.1, -0.05) is 6.92 Å². The standard InChI is InChI=1S/C19H24N2O4/c1-3-15-13-10-14(17(22)8-9-19(23)24)18(25-4-2)11-16(13)21(20-15)12-6-5-7-12/h10-12H,3-9H2,1-2H3,(H,23,24). The number of ketones is 1. The summed E-state index contributed by atoms with van der Waals surface area (Å²) in [6, 6.07) is 4.16. The number of carboxylic acids is 1. The minimum atomic E-state index is -0.973. The maximum atomic E-state index is 12.5. The van der Waals surface area contributed by atoms with Crippen LogP contribution < -0.4 is 4.74 Å². The Labute approximate surface area is 146 Å². The molecular weight excluding hydrogens is 320 g/mol. The summed E-state index contributed by atoms with van der Waals surface area (Å²) >= 11 is 0. The molecule has 1 saturated carbocycles. The van der Waals surface area contributed by atoms with Gasteiger partial charge in [-0.2, -0.15) is 5.10 Å². The molecule has 0 aliphatic heterocycles. The molecule has 1 heterocycles. The molecular formula is C19H24N2O4. The van der Waals surface area contributed by atoms with Gasteiger partial charge in [-0.3, -0.25) is 14.3 Å². The molecule has 0 unspecified atom stereocenters. The third-order valence-electron chi connectivity index (χ3n) is 4.81. The summed E-state index contributed by atoms with van der Waals surface area (Å²) in [5, 5.41) is 14.6. The van der Waals surface area contributed by atoms with E-state index < -0.39 is 5.97 Å². The number of carbonyl (C=O) groups excluding carboxylic acids is 1. The van der Waals surface area contributed by atoms with E-state index in [4.69, 9.17) is 14.9 Å². The Balaban J connectivity index is 2.07. The van der Waals surface area contributed by atoms with Crippen LogP contribution in [0, 0.1) is 0 Å². The second-order valence-electron chi connectivity index (χ2n) is 6.44. The number of carboxylic acid groups (broad SMARTS) is 1. The second-order valence-corrected chi connectivity index (χ2v) is 6.44. The molecule has 0 amide bonds. The zero-order valence-corrected chi connectivity index (χ0v) is 14.7. The second kappa shape index (κ2) is 7.25.